The van der Waals surface area contributed by atoms with Gasteiger partial charge in [-0.15, -0.1) is 0 Å². The number of hydrogen-bond acceptors (Lipinski definition) is 8. The van der Waals surface area contributed by atoms with Crippen LogP contribution in [0.4, 0.5) is 0 Å². The van der Waals surface area contributed by atoms with Crippen molar-refractivity contribution in [3.63, 3.8) is 0 Å². The number of aliphatic hydroxyl groups is 2. The summed E-state index contributed by atoms with van der Waals surface area (Å²) in [7, 11) is 0. The molecule has 0 aliphatic heterocycles. The Bertz CT molecular complexity index is 928. The van der Waals surface area contributed by atoms with Gasteiger partial charge in [-0.1, -0.05) is 19.4 Å². The summed E-state index contributed by atoms with van der Waals surface area (Å²) in [5, 5.41) is 20.8. The van der Waals surface area contributed by atoms with Crippen molar-refractivity contribution in [3.8, 4) is 0 Å². The summed E-state index contributed by atoms with van der Waals surface area (Å²) in [4.78, 5) is 51.5. The molecule has 34 heavy (non-hydrogen) atoms. The normalized spacial score (nSPS) is 41.3. The molecule has 0 radical (unpaired) electrons. The zero-order valence-corrected chi connectivity index (χ0v) is 20.9. The molecular formula is C26H36O7S. The Morgan fingerprint density at radius 1 is 1.21 bits per heavy atom. The van der Waals surface area contributed by atoms with Gasteiger partial charge in [0.2, 0.25) is 0 Å². The highest BCUT2D eigenvalue weighted by Gasteiger charge is 2.69. The second kappa shape index (κ2) is 9.17. The Balaban J connectivity index is 1.67. The highest BCUT2D eigenvalue weighted by atomic mass is 32.1. The molecule has 0 amide bonds. The van der Waals surface area contributed by atoms with E-state index in [4.69, 9.17) is 4.74 Å². The molecule has 0 aromatic carbocycles. The predicted octanol–water partition coefficient (Wildman–Crippen LogP) is 2.61. The van der Waals surface area contributed by atoms with E-state index >= 15 is 0 Å². The first-order valence-corrected chi connectivity index (χ1v) is 13.1. The van der Waals surface area contributed by atoms with Crippen LogP contribution in [-0.2, 0) is 23.9 Å². The van der Waals surface area contributed by atoms with Gasteiger partial charge in [-0.25, -0.2) is 0 Å². The molecule has 2 N–H and O–H groups in total. The number of ketones is 3. The van der Waals surface area contributed by atoms with Gasteiger partial charge in [0.25, 0.3) is 0 Å². The summed E-state index contributed by atoms with van der Waals surface area (Å²) in [5.41, 5.74) is -2.57. The monoisotopic (exact) mass is 492 g/mol. The molecule has 8 heteroatoms. The van der Waals surface area contributed by atoms with Crippen LogP contribution in [0.5, 0.6) is 0 Å². The molecular weight excluding hydrogens is 456 g/mol. The van der Waals surface area contributed by atoms with Gasteiger partial charge in [-0.05, 0) is 62.2 Å². The minimum atomic E-state index is -1.72. The number of fused-ring (bicyclic) bond motifs is 5. The van der Waals surface area contributed by atoms with Gasteiger partial charge in [0.1, 0.15) is 24.1 Å². The van der Waals surface area contributed by atoms with Crippen molar-refractivity contribution >= 4 is 35.9 Å². The van der Waals surface area contributed by atoms with Crippen molar-refractivity contribution in [3.05, 3.63) is 11.6 Å². The quantitative estimate of drug-likeness (QED) is 0.284. The molecule has 4 aliphatic rings. The second-order valence-electron chi connectivity index (χ2n) is 11.1. The number of aliphatic hydroxyl groups excluding tert-OH is 1. The molecule has 3 saturated carbocycles. The first-order valence-electron chi connectivity index (χ1n) is 12.5. The van der Waals surface area contributed by atoms with Crippen molar-refractivity contribution in [2.75, 3.05) is 12.4 Å². The Morgan fingerprint density at radius 2 is 1.94 bits per heavy atom. The summed E-state index contributed by atoms with van der Waals surface area (Å²) < 4.78 is 5.90. The predicted molar refractivity (Wildman–Crippen MR) is 127 cm³/mol. The summed E-state index contributed by atoms with van der Waals surface area (Å²) in [6.45, 7) is 3.01. The highest BCUT2D eigenvalue weighted by molar-refractivity contribution is 7.80. The first kappa shape index (κ1) is 25.6. The lowest BCUT2D eigenvalue weighted by molar-refractivity contribution is -0.181. The van der Waals surface area contributed by atoms with Crippen LogP contribution in [-0.4, -0.2) is 57.6 Å². The zero-order valence-electron chi connectivity index (χ0n) is 20.0. The Hall–Kier alpha value is -1.51. The van der Waals surface area contributed by atoms with Crippen LogP contribution in [0.25, 0.3) is 0 Å². The number of thiol groups is 1. The van der Waals surface area contributed by atoms with Crippen LogP contribution in [0, 0.1) is 28.6 Å². The van der Waals surface area contributed by atoms with E-state index in [2.05, 4.69) is 12.6 Å². The Morgan fingerprint density at radius 3 is 2.62 bits per heavy atom. The molecule has 188 valence electrons. The first-order chi connectivity index (χ1) is 16.0. The minimum Gasteiger partial charge on any atom is -0.461 e. The molecule has 0 aromatic rings. The van der Waals surface area contributed by atoms with Crippen molar-refractivity contribution < 1.29 is 34.1 Å². The third-order valence-corrected chi connectivity index (χ3v) is 9.87. The number of hydrogen-bond donors (Lipinski definition) is 3. The van der Waals surface area contributed by atoms with E-state index in [0.29, 0.717) is 31.4 Å². The number of Topliss-reactive ketones (excluding diaryl/α,β-unsaturated/α-hetero) is 2. The summed E-state index contributed by atoms with van der Waals surface area (Å²) in [5.74, 6) is -1.05. The van der Waals surface area contributed by atoms with E-state index in [1.165, 1.54) is 0 Å². The molecule has 0 heterocycles. The third kappa shape index (κ3) is 3.71. The molecule has 0 saturated heterocycles. The lowest BCUT2D eigenvalue weighted by Crippen LogP contribution is -2.63. The molecule has 0 spiro atoms. The molecule has 4 aliphatic carbocycles. The van der Waals surface area contributed by atoms with Crippen molar-refractivity contribution in [1.29, 1.82) is 0 Å². The van der Waals surface area contributed by atoms with E-state index in [1.54, 1.807) is 6.08 Å². The Kier molecular flexibility index (Phi) is 6.90. The highest BCUT2D eigenvalue weighted by Crippen LogP contribution is 2.66. The van der Waals surface area contributed by atoms with E-state index in [0.717, 1.165) is 12.0 Å². The van der Waals surface area contributed by atoms with Gasteiger partial charge < -0.3 is 14.9 Å². The number of esters is 1. The van der Waals surface area contributed by atoms with E-state index in [1.807, 2.05) is 13.8 Å². The van der Waals surface area contributed by atoms with Crippen molar-refractivity contribution in [1.82, 2.24) is 0 Å². The van der Waals surface area contributed by atoms with Crippen molar-refractivity contribution in [2.45, 2.75) is 83.3 Å². The van der Waals surface area contributed by atoms with Crippen molar-refractivity contribution in [2.24, 2.45) is 28.6 Å². The fourth-order valence-electron chi connectivity index (χ4n) is 7.75. The maximum absolute atomic E-state index is 13.8. The SMILES string of the molecule is C[C@]12CC(=O)[C@H]3[C@@H](CCC4=CC(=O)CC(OC(=O)CCCCS)[C@@]43C)[C@@H]1CC[C@]2(O)C(=O)CO. The van der Waals surface area contributed by atoms with Gasteiger partial charge in [0.05, 0.1) is 0 Å². The molecule has 7 atom stereocenters. The van der Waals surface area contributed by atoms with Crippen LogP contribution in [0.2, 0.25) is 0 Å². The fraction of sp³-hybridized carbons (Fsp3) is 0.769. The smallest absolute Gasteiger partial charge is 0.306 e. The Labute approximate surface area is 206 Å². The van der Waals surface area contributed by atoms with E-state index in [-0.39, 0.29) is 55.1 Å². The average molecular weight is 493 g/mol. The molecule has 3 fully saturated rings. The van der Waals surface area contributed by atoms with Gasteiger partial charge in [-0.3, -0.25) is 19.2 Å². The van der Waals surface area contributed by atoms with Gasteiger partial charge in [-0.2, -0.15) is 12.6 Å². The maximum Gasteiger partial charge on any atom is 0.306 e. The van der Waals surface area contributed by atoms with Crippen LogP contribution in [0.15, 0.2) is 11.6 Å². The van der Waals surface area contributed by atoms with Crippen LogP contribution in [0.3, 0.4) is 0 Å². The number of rotatable bonds is 7. The van der Waals surface area contributed by atoms with Crippen LogP contribution in [0.1, 0.15) is 71.6 Å². The standard InChI is InChI=1S/C26H36O7S/c1-24-13-19(29)23-17(18(24)8-9-26(24,32)20(30)14-27)7-6-15-11-16(28)12-21(25(15,23)2)33-22(31)5-3-4-10-34/h11,17-18,21,23,27,32,34H,3-10,12-14H2,1-2H3/t17-,18-,21?,23+,24-,25+,26-/m0/s1. The molecule has 4 rings (SSSR count). The summed E-state index contributed by atoms with van der Waals surface area (Å²) in [6, 6.07) is 0. The number of ether oxygens (including phenoxy) is 1. The third-order valence-electron chi connectivity index (χ3n) is 9.56. The van der Waals surface area contributed by atoms with Gasteiger partial charge in [0.15, 0.2) is 11.6 Å². The fourth-order valence-corrected chi connectivity index (χ4v) is 7.98. The van der Waals surface area contributed by atoms with Gasteiger partial charge in [0, 0.05) is 36.0 Å². The number of carbonyl (C=O) groups is 4. The number of unbranched alkanes of at least 4 members (excludes halogenated alkanes) is 1. The van der Waals surface area contributed by atoms with Gasteiger partial charge >= 0.3 is 5.97 Å². The molecule has 0 bridgehead atoms. The maximum atomic E-state index is 13.8. The van der Waals surface area contributed by atoms with Crippen LogP contribution < -0.4 is 0 Å². The van der Waals surface area contributed by atoms with E-state index < -0.39 is 40.8 Å². The lowest BCUT2D eigenvalue weighted by atomic mass is 9.45. The summed E-state index contributed by atoms with van der Waals surface area (Å²) in [6.07, 6.45) is 4.84. The zero-order chi connectivity index (χ0) is 24.9. The summed E-state index contributed by atoms with van der Waals surface area (Å²) >= 11 is 4.17. The second-order valence-corrected chi connectivity index (χ2v) is 11.6. The van der Waals surface area contributed by atoms with E-state index in [9.17, 15) is 29.4 Å². The molecule has 1 unspecified atom stereocenters. The molecule has 0 aromatic heterocycles. The molecule has 7 nitrogen and oxygen atoms in total. The lowest BCUT2D eigenvalue weighted by Gasteiger charge is -2.59. The average Bonchev–Trinajstić information content (AvgIpc) is 3.05. The van der Waals surface area contributed by atoms with Crippen LogP contribution >= 0.6 is 12.6 Å². The largest absolute Gasteiger partial charge is 0.461 e. The minimum absolute atomic E-state index is 0.0283. The number of carbonyl (C=O) groups excluding carboxylic acids is 4. The topological polar surface area (TPSA) is 118 Å².